The predicted molar refractivity (Wildman–Crippen MR) is 94.6 cm³/mol. The first-order chi connectivity index (χ1) is 9.86. The summed E-state index contributed by atoms with van der Waals surface area (Å²) in [5.41, 5.74) is 2.65. The van der Waals surface area contributed by atoms with E-state index in [1.165, 1.54) is 12.0 Å². The van der Waals surface area contributed by atoms with Gasteiger partial charge < -0.3 is 10.6 Å². The Bertz CT molecular complexity index is 473. The van der Waals surface area contributed by atoms with Gasteiger partial charge in [0.2, 0.25) is 5.91 Å². The summed E-state index contributed by atoms with van der Waals surface area (Å²) < 4.78 is 0. The summed E-state index contributed by atoms with van der Waals surface area (Å²) in [6, 6.07) is 9.00. The van der Waals surface area contributed by atoms with E-state index in [2.05, 4.69) is 55.7 Å². The van der Waals surface area contributed by atoms with Crippen LogP contribution >= 0.6 is 12.4 Å². The lowest BCUT2D eigenvalue weighted by Gasteiger charge is -2.21. The Morgan fingerprint density at radius 2 is 1.95 bits per heavy atom. The van der Waals surface area contributed by atoms with E-state index in [1.54, 1.807) is 0 Å². The molecule has 3 nitrogen and oxygen atoms in total. The van der Waals surface area contributed by atoms with Gasteiger partial charge in [-0.15, -0.1) is 12.4 Å². The molecular formula is C18H29ClN2O. The van der Waals surface area contributed by atoms with Crippen LogP contribution in [0.3, 0.4) is 0 Å². The Morgan fingerprint density at radius 3 is 2.45 bits per heavy atom. The van der Waals surface area contributed by atoms with Crippen molar-refractivity contribution >= 4 is 18.3 Å². The molecule has 0 bridgehead atoms. The maximum absolute atomic E-state index is 12.1. The standard InChI is InChI=1S/C18H28N2O.ClH/c1-13(20-17(21)12-16-6-5-11-19-16)14-7-9-15(10-8-14)18(2,3)4;/h7-10,13,16,19H,5-6,11-12H2,1-4H3,(H,20,21);1H. The van der Waals surface area contributed by atoms with Crippen molar-refractivity contribution in [2.45, 2.75) is 64.5 Å². The lowest BCUT2D eigenvalue weighted by molar-refractivity contribution is -0.122. The summed E-state index contributed by atoms with van der Waals surface area (Å²) in [6.45, 7) is 9.72. The van der Waals surface area contributed by atoms with E-state index in [4.69, 9.17) is 0 Å². The Morgan fingerprint density at radius 1 is 1.32 bits per heavy atom. The number of carbonyl (C=O) groups is 1. The highest BCUT2D eigenvalue weighted by atomic mass is 35.5. The molecule has 0 saturated carbocycles. The van der Waals surface area contributed by atoms with E-state index in [0.717, 1.165) is 18.5 Å². The molecule has 2 rings (SSSR count). The molecule has 1 heterocycles. The molecule has 1 aliphatic rings. The molecule has 2 unspecified atom stereocenters. The molecule has 0 aliphatic carbocycles. The lowest BCUT2D eigenvalue weighted by Crippen LogP contribution is -2.33. The molecule has 2 atom stereocenters. The minimum atomic E-state index is 0. The molecule has 1 aromatic rings. The van der Waals surface area contributed by atoms with Crippen molar-refractivity contribution in [1.29, 1.82) is 0 Å². The van der Waals surface area contributed by atoms with E-state index >= 15 is 0 Å². The molecule has 124 valence electrons. The molecule has 1 aromatic carbocycles. The number of benzene rings is 1. The van der Waals surface area contributed by atoms with Crippen molar-refractivity contribution in [1.82, 2.24) is 10.6 Å². The molecular weight excluding hydrogens is 296 g/mol. The van der Waals surface area contributed by atoms with Gasteiger partial charge in [-0.2, -0.15) is 0 Å². The van der Waals surface area contributed by atoms with Crippen molar-refractivity contribution in [3.05, 3.63) is 35.4 Å². The summed E-state index contributed by atoms with van der Waals surface area (Å²) in [7, 11) is 0. The third-order valence-corrected chi connectivity index (χ3v) is 4.25. The molecule has 1 aliphatic heterocycles. The largest absolute Gasteiger partial charge is 0.350 e. The average Bonchev–Trinajstić information content (AvgIpc) is 2.90. The molecule has 1 saturated heterocycles. The topological polar surface area (TPSA) is 41.1 Å². The highest BCUT2D eigenvalue weighted by Gasteiger charge is 2.19. The molecule has 0 aromatic heterocycles. The molecule has 22 heavy (non-hydrogen) atoms. The van der Waals surface area contributed by atoms with Crippen LogP contribution in [-0.4, -0.2) is 18.5 Å². The van der Waals surface area contributed by atoms with Gasteiger partial charge in [-0.25, -0.2) is 0 Å². The zero-order valence-corrected chi connectivity index (χ0v) is 14.9. The van der Waals surface area contributed by atoms with Crippen LogP contribution in [0.4, 0.5) is 0 Å². The second-order valence-electron chi connectivity index (χ2n) is 7.16. The molecule has 4 heteroatoms. The van der Waals surface area contributed by atoms with Gasteiger partial charge in [0.1, 0.15) is 0 Å². The molecule has 0 radical (unpaired) electrons. The van der Waals surface area contributed by atoms with Crippen molar-refractivity contribution in [3.63, 3.8) is 0 Å². The lowest BCUT2D eigenvalue weighted by atomic mass is 9.86. The van der Waals surface area contributed by atoms with E-state index in [1.807, 2.05) is 6.92 Å². The van der Waals surface area contributed by atoms with Gasteiger partial charge in [0, 0.05) is 12.5 Å². The van der Waals surface area contributed by atoms with Crippen LogP contribution in [-0.2, 0) is 10.2 Å². The van der Waals surface area contributed by atoms with Crippen molar-refractivity contribution in [2.24, 2.45) is 0 Å². The highest BCUT2D eigenvalue weighted by Crippen LogP contribution is 2.24. The molecule has 0 spiro atoms. The number of amides is 1. The summed E-state index contributed by atoms with van der Waals surface area (Å²) in [5.74, 6) is 0.141. The summed E-state index contributed by atoms with van der Waals surface area (Å²) >= 11 is 0. The van der Waals surface area contributed by atoms with Crippen molar-refractivity contribution in [2.75, 3.05) is 6.54 Å². The quantitative estimate of drug-likeness (QED) is 0.886. The van der Waals surface area contributed by atoms with Gasteiger partial charge in [-0.05, 0) is 42.9 Å². The highest BCUT2D eigenvalue weighted by molar-refractivity contribution is 5.85. The van der Waals surface area contributed by atoms with Crippen LogP contribution in [0.2, 0.25) is 0 Å². The maximum atomic E-state index is 12.1. The van der Waals surface area contributed by atoms with Crippen molar-refractivity contribution < 1.29 is 4.79 Å². The fourth-order valence-corrected chi connectivity index (χ4v) is 2.81. The van der Waals surface area contributed by atoms with Gasteiger partial charge in [0.05, 0.1) is 6.04 Å². The number of hydrogen-bond donors (Lipinski definition) is 2. The van der Waals surface area contributed by atoms with Crippen LogP contribution in [0.25, 0.3) is 0 Å². The third kappa shape index (κ3) is 5.29. The monoisotopic (exact) mass is 324 g/mol. The van der Waals surface area contributed by atoms with Gasteiger partial charge in [-0.3, -0.25) is 4.79 Å². The smallest absolute Gasteiger partial charge is 0.222 e. The second-order valence-corrected chi connectivity index (χ2v) is 7.16. The van der Waals surface area contributed by atoms with E-state index in [0.29, 0.717) is 12.5 Å². The fraction of sp³-hybridized carbons (Fsp3) is 0.611. The number of nitrogens with one attached hydrogen (secondary N) is 2. The summed E-state index contributed by atoms with van der Waals surface area (Å²) in [4.78, 5) is 12.1. The van der Waals surface area contributed by atoms with E-state index < -0.39 is 0 Å². The van der Waals surface area contributed by atoms with Crippen LogP contribution in [0.5, 0.6) is 0 Å². The van der Waals surface area contributed by atoms with Crippen LogP contribution < -0.4 is 10.6 Å². The normalized spacial score (nSPS) is 19.4. The predicted octanol–water partition coefficient (Wildman–Crippen LogP) is 3.73. The van der Waals surface area contributed by atoms with Crippen LogP contribution in [0, 0.1) is 0 Å². The molecule has 1 amide bonds. The van der Waals surface area contributed by atoms with E-state index in [9.17, 15) is 4.79 Å². The number of carbonyl (C=O) groups excluding carboxylic acids is 1. The zero-order valence-electron chi connectivity index (χ0n) is 14.1. The zero-order chi connectivity index (χ0) is 15.5. The van der Waals surface area contributed by atoms with E-state index in [-0.39, 0.29) is 29.8 Å². The first-order valence-corrected chi connectivity index (χ1v) is 7.99. The SMILES string of the molecule is CC(NC(=O)CC1CCCN1)c1ccc(C(C)(C)C)cc1.Cl. The maximum Gasteiger partial charge on any atom is 0.222 e. The number of halogens is 1. The second kappa shape index (κ2) is 7.98. The van der Waals surface area contributed by atoms with Gasteiger partial charge in [-0.1, -0.05) is 45.0 Å². The number of hydrogen-bond acceptors (Lipinski definition) is 2. The first-order valence-electron chi connectivity index (χ1n) is 7.99. The van der Waals surface area contributed by atoms with Crippen LogP contribution in [0.15, 0.2) is 24.3 Å². The van der Waals surface area contributed by atoms with Gasteiger partial charge in [0.15, 0.2) is 0 Å². The minimum Gasteiger partial charge on any atom is -0.350 e. The third-order valence-electron chi connectivity index (χ3n) is 4.25. The molecule has 1 fully saturated rings. The Balaban J connectivity index is 0.00000242. The summed E-state index contributed by atoms with van der Waals surface area (Å²) in [5, 5.41) is 6.47. The Labute approximate surface area is 140 Å². The van der Waals surface area contributed by atoms with Gasteiger partial charge in [0.25, 0.3) is 0 Å². The van der Waals surface area contributed by atoms with Crippen LogP contribution in [0.1, 0.15) is 64.1 Å². The molecule has 2 N–H and O–H groups in total. The average molecular weight is 325 g/mol. The van der Waals surface area contributed by atoms with Gasteiger partial charge >= 0.3 is 0 Å². The van der Waals surface area contributed by atoms with Crippen molar-refractivity contribution in [3.8, 4) is 0 Å². The Hall–Kier alpha value is -1.06. The summed E-state index contributed by atoms with van der Waals surface area (Å²) in [6.07, 6.45) is 2.88. The fourth-order valence-electron chi connectivity index (χ4n) is 2.81. The minimum absolute atomic E-state index is 0. The first kappa shape index (κ1) is 19.0. The number of rotatable bonds is 4. The Kier molecular flexibility index (Phi) is 6.89.